The summed E-state index contributed by atoms with van der Waals surface area (Å²) in [4.78, 5) is 25.3. The number of hydrogen-bond donors (Lipinski definition) is 2. The summed E-state index contributed by atoms with van der Waals surface area (Å²) < 4.78 is 5.71. The van der Waals surface area contributed by atoms with Crippen molar-refractivity contribution in [1.82, 2.24) is 4.98 Å². The van der Waals surface area contributed by atoms with Crippen LogP contribution < -0.4 is 10.3 Å². The van der Waals surface area contributed by atoms with E-state index < -0.39 is 18.1 Å². The van der Waals surface area contributed by atoms with Crippen molar-refractivity contribution in [2.75, 3.05) is 6.61 Å². The summed E-state index contributed by atoms with van der Waals surface area (Å²) in [5.41, 5.74) is 0.575. The molecule has 0 aliphatic carbocycles. The van der Waals surface area contributed by atoms with Gasteiger partial charge in [0.25, 0.3) is 5.56 Å². The van der Waals surface area contributed by atoms with Gasteiger partial charge in [0, 0.05) is 21.8 Å². The molecule has 1 aromatic heterocycles. The summed E-state index contributed by atoms with van der Waals surface area (Å²) in [6, 6.07) is 6.50. The van der Waals surface area contributed by atoms with Crippen LogP contribution in [0.15, 0.2) is 27.5 Å². The highest BCUT2D eigenvalue weighted by Gasteiger charge is 2.18. The zero-order valence-electron chi connectivity index (χ0n) is 11.8. The number of hydrogen-bond acceptors (Lipinski definition) is 4. The van der Waals surface area contributed by atoms with Crippen molar-refractivity contribution in [1.29, 1.82) is 5.26 Å². The van der Waals surface area contributed by atoms with Gasteiger partial charge in [-0.05, 0) is 41.1 Å². The SMILES string of the molecule is Cc1cc(-c2cc(Cl)cc(Br)c2OCC(=O)O)c(C#N)c(=O)[nH]1. The number of nitriles is 1. The number of carbonyl (C=O) groups is 1. The van der Waals surface area contributed by atoms with Crippen LogP contribution in [-0.2, 0) is 4.79 Å². The van der Waals surface area contributed by atoms with Gasteiger partial charge in [-0.3, -0.25) is 4.79 Å². The number of ether oxygens (including phenoxy) is 1. The molecule has 2 aromatic rings. The Kier molecular flexibility index (Phi) is 5.08. The maximum absolute atomic E-state index is 12.0. The van der Waals surface area contributed by atoms with Gasteiger partial charge in [0.05, 0.1) is 4.47 Å². The van der Waals surface area contributed by atoms with Gasteiger partial charge in [0.1, 0.15) is 17.4 Å². The maximum Gasteiger partial charge on any atom is 0.341 e. The van der Waals surface area contributed by atoms with E-state index in [1.165, 1.54) is 12.1 Å². The van der Waals surface area contributed by atoms with E-state index in [1.807, 2.05) is 6.07 Å². The lowest BCUT2D eigenvalue weighted by atomic mass is 10.00. The fourth-order valence-electron chi connectivity index (χ4n) is 2.05. The topological polar surface area (TPSA) is 103 Å². The van der Waals surface area contributed by atoms with Crippen molar-refractivity contribution >= 4 is 33.5 Å². The minimum absolute atomic E-state index is 0.107. The Morgan fingerprint density at radius 2 is 2.13 bits per heavy atom. The van der Waals surface area contributed by atoms with Crippen LogP contribution >= 0.6 is 27.5 Å². The predicted octanol–water partition coefficient (Wildman–Crippen LogP) is 3.10. The number of aryl methyl sites for hydroxylation is 1. The molecule has 0 bridgehead atoms. The molecule has 0 aliphatic heterocycles. The van der Waals surface area contributed by atoms with Crippen molar-refractivity contribution in [3.05, 3.63) is 49.3 Å². The van der Waals surface area contributed by atoms with E-state index >= 15 is 0 Å². The van der Waals surface area contributed by atoms with Crippen molar-refractivity contribution in [3.8, 4) is 22.9 Å². The summed E-state index contributed by atoms with van der Waals surface area (Å²) in [6.45, 7) is 1.10. The van der Waals surface area contributed by atoms with E-state index in [-0.39, 0.29) is 11.3 Å². The number of nitrogens with zero attached hydrogens (tertiary/aromatic N) is 1. The molecule has 1 aromatic carbocycles. The van der Waals surface area contributed by atoms with Crippen molar-refractivity contribution in [2.45, 2.75) is 6.92 Å². The monoisotopic (exact) mass is 396 g/mol. The van der Waals surface area contributed by atoms with Crippen molar-refractivity contribution < 1.29 is 14.6 Å². The Morgan fingerprint density at radius 3 is 2.74 bits per heavy atom. The summed E-state index contributed by atoms with van der Waals surface area (Å²) in [7, 11) is 0. The number of H-pyrrole nitrogens is 1. The van der Waals surface area contributed by atoms with Crippen LogP contribution in [0.3, 0.4) is 0 Å². The number of aromatic nitrogens is 1. The zero-order chi connectivity index (χ0) is 17.1. The molecule has 6 nitrogen and oxygen atoms in total. The molecule has 0 saturated carbocycles. The molecular formula is C15H10BrClN2O4. The highest BCUT2D eigenvalue weighted by molar-refractivity contribution is 9.10. The Morgan fingerprint density at radius 1 is 1.43 bits per heavy atom. The summed E-state index contributed by atoms with van der Waals surface area (Å²) in [5, 5.41) is 18.4. The molecule has 0 fully saturated rings. The molecule has 1 heterocycles. The molecule has 0 atom stereocenters. The lowest BCUT2D eigenvalue weighted by molar-refractivity contribution is -0.139. The fraction of sp³-hybridized carbons (Fsp3) is 0.133. The van der Waals surface area contributed by atoms with Crippen LogP contribution in [0.2, 0.25) is 5.02 Å². The van der Waals surface area contributed by atoms with Gasteiger partial charge in [0.2, 0.25) is 0 Å². The smallest absolute Gasteiger partial charge is 0.341 e. The molecule has 0 radical (unpaired) electrons. The van der Waals surface area contributed by atoms with Crippen LogP contribution in [0.25, 0.3) is 11.1 Å². The predicted molar refractivity (Wildman–Crippen MR) is 87.8 cm³/mol. The second-order valence-electron chi connectivity index (χ2n) is 4.63. The highest BCUT2D eigenvalue weighted by atomic mass is 79.9. The maximum atomic E-state index is 12.0. The van der Waals surface area contributed by atoms with E-state index in [2.05, 4.69) is 20.9 Å². The largest absolute Gasteiger partial charge is 0.480 e. The number of pyridine rings is 1. The van der Waals surface area contributed by atoms with Gasteiger partial charge in [-0.15, -0.1) is 0 Å². The van der Waals surface area contributed by atoms with Gasteiger partial charge >= 0.3 is 5.97 Å². The first-order chi connectivity index (χ1) is 10.8. The van der Waals surface area contributed by atoms with E-state index in [0.717, 1.165) is 0 Å². The van der Waals surface area contributed by atoms with E-state index in [9.17, 15) is 14.9 Å². The van der Waals surface area contributed by atoms with Crippen LogP contribution in [0.4, 0.5) is 0 Å². The average molecular weight is 398 g/mol. The third kappa shape index (κ3) is 3.73. The number of benzene rings is 1. The molecular weight excluding hydrogens is 388 g/mol. The number of aliphatic carboxylic acids is 1. The summed E-state index contributed by atoms with van der Waals surface area (Å²) in [5.74, 6) is -0.960. The minimum atomic E-state index is -1.15. The molecule has 8 heteroatoms. The highest BCUT2D eigenvalue weighted by Crippen LogP contribution is 2.40. The van der Waals surface area contributed by atoms with Crippen molar-refractivity contribution in [2.24, 2.45) is 0 Å². The summed E-state index contributed by atoms with van der Waals surface area (Å²) in [6.07, 6.45) is 0. The van der Waals surface area contributed by atoms with Crippen LogP contribution in [0.1, 0.15) is 11.3 Å². The first-order valence-corrected chi connectivity index (χ1v) is 7.48. The lowest BCUT2D eigenvalue weighted by Gasteiger charge is -2.14. The quantitative estimate of drug-likeness (QED) is 0.825. The van der Waals surface area contributed by atoms with Gasteiger partial charge in [0.15, 0.2) is 6.61 Å². The molecule has 2 rings (SSSR count). The average Bonchev–Trinajstić information content (AvgIpc) is 2.44. The fourth-order valence-corrected chi connectivity index (χ4v) is 2.98. The first kappa shape index (κ1) is 17.1. The molecule has 118 valence electrons. The van der Waals surface area contributed by atoms with Gasteiger partial charge in [-0.1, -0.05) is 11.6 Å². The third-order valence-electron chi connectivity index (χ3n) is 2.92. The number of nitrogens with one attached hydrogen (secondary N) is 1. The van der Waals surface area contributed by atoms with E-state index in [1.54, 1.807) is 13.0 Å². The Labute approximate surface area is 144 Å². The molecule has 0 unspecified atom stereocenters. The molecule has 0 saturated heterocycles. The van der Waals surface area contributed by atoms with Gasteiger partial charge in [-0.2, -0.15) is 5.26 Å². The van der Waals surface area contributed by atoms with E-state index in [4.69, 9.17) is 21.4 Å². The number of carboxylic acids is 1. The first-order valence-electron chi connectivity index (χ1n) is 6.31. The molecule has 0 spiro atoms. The van der Waals surface area contributed by atoms with Gasteiger partial charge < -0.3 is 14.8 Å². The number of carboxylic acid groups (broad SMARTS) is 1. The normalized spacial score (nSPS) is 10.2. The second-order valence-corrected chi connectivity index (χ2v) is 5.92. The van der Waals surface area contributed by atoms with Crippen LogP contribution in [-0.4, -0.2) is 22.7 Å². The zero-order valence-corrected chi connectivity index (χ0v) is 14.2. The Bertz CT molecular complexity index is 886. The number of rotatable bonds is 4. The van der Waals surface area contributed by atoms with Gasteiger partial charge in [-0.25, -0.2) is 4.79 Å². The Hall–Kier alpha value is -2.30. The van der Waals surface area contributed by atoms with E-state index in [0.29, 0.717) is 26.3 Å². The standard InChI is InChI=1S/C15H10BrClN2O4/c1-7-2-9(11(5-18)15(22)19-7)10-3-8(17)4-12(16)14(10)23-6-13(20)21/h2-4H,6H2,1H3,(H,19,22)(H,20,21). The van der Waals surface area contributed by atoms with Crippen LogP contribution in [0.5, 0.6) is 5.75 Å². The number of halogens is 2. The minimum Gasteiger partial charge on any atom is -0.480 e. The molecule has 0 amide bonds. The molecule has 23 heavy (non-hydrogen) atoms. The third-order valence-corrected chi connectivity index (χ3v) is 3.73. The molecule has 0 aliphatic rings. The molecule has 2 N–H and O–H groups in total. The second kappa shape index (κ2) is 6.86. The number of aromatic amines is 1. The van der Waals surface area contributed by atoms with Crippen molar-refractivity contribution in [3.63, 3.8) is 0 Å². The lowest BCUT2D eigenvalue weighted by Crippen LogP contribution is -2.14. The summed E-state index contributed by atoms with van der Waals surface area (Å²) >= 11 is 9.30. The van der Waals surface area contributed by atoms with Crippen LogP contribution in [0, 0.1) is 18.3 Å². The Balaban J connectivity index is 2.75.